The molecular weight excluding hydrogens is 345 g/mol. The van der Waals surface area contributed by atoms with Gasteiger partial charge in [0.05, 0.1) is 6.04 Å². The number of rotatable bonds is 1. The van der Waals surface area contributed by atoms with E-state index in [0.29, 0.717) is 6.04 Å². The molecule has 0 saturated heterocycles. The summed E-state index contributed by atoms with van der Waals surface area (Å²) in [5, 5.41) is 2.18. The third kappa shape index (κ3) is 2.06. The SMILES string of the molecule is CC1c2ccsc2CCN1c1ncc(I)cn1. The second-order valence-electron chi connectivity index (χ2n) is 4.12. The largest absolute Gasteiger partial charge is 0.334 e. The second kappa shape index (κ2) is 4.53. The van der Waals surface area contributed by atoms with E-state index in [2.05, 4.69) is 55.8 Å². The van der Waals surface area contributed by atoms with Crippen LogP contribution in [-0.2, 0) is 6.42 Å². The van der Waals surface area contributed by atoms with E-state index < -0.39 is 0 Å². The van der Waals surface area contributed by atoms with Gasteiger partial charge in [0, 0.05) is 27.4 Å². The molecule has 0 fully saturated rings. The van der Waals surface area contributed by atoms with E-state index in [0.717, 1.165) is 22.5 Å². The Morgan fingerprint density at radius 1 is 1.41 bits per heavy atom. The highest BCUT2D eigenvalue weighted by molar-refractivity contribution is 14.1. The van der Waals surface area contributed by atoms with Gasteiger partial charge >= 0.3 is 0 Å². The van der Waals surface area contributed by atoms with E-state index in [9.17, 15) is 0 Å². The lowest BCUT2D eigenvalue weighted by molar-refractivity contribution is 0.615. The molecule has 5 heteroatoms. The van der Waals surface area contributed by atoms with Gasteiger partial charge < -0.3 is 4.90 Å². The smallest absolute Gasteiger partial charge is 0.225 e. The summed E-state index contributed by atoms with van der Waals surface area (Å²) >= 11 is 4.09. The molecule has 1 aliphatic rings. The molecule has 17 heavy (non-hydrogen) atoms. The summed E-state index contributed by atoms with van der Waals surface area (Å²) < 4.78 is 1.08. The zero-order valence-corrected chi connectivity index (χ0v) is 12.4. The molecule has 88 valence electrons. The van der Waals surface area contributed by atoms with Gasteiger partial charge in [-0.3, -0.25) is 0 Å². The van der Waals surface area contributed by atoms with Crippen molar-refractivity contribution in [1.82, 2.24) is 9.97 Å². The van der Waals surface area contributed by atoms with Crippen LogP contribution in [0.4, 0.5) is 5.95 Å². The average Bonchev–Trinajstić information content (AvgIpc) is 2.80. The number of hydrogen-bond acceptors (Lipinski definition) is 4. The Morgan fingerprint density at radius 3 is 2.94 bits per heavy atom. The molecule has 0 saturated carbocycles. The minimum absolute atomic E-state index is 0.380. The van der Waals surface area contributed by atoms with E-state index in [-0.39, 0.29) is 0 Å². The number of fused-ring (bicyclic) bond motifs is 1. The van der Waals surface area contributed by atoms with Gasteiger partial charge in [-0.1, -0.05) is 0 Å². The number of halogens is 1. The van der Waals surface area contributed by atoms with Gasteiger partial charge in [-0.15, -0.1) is 11.3 Å². The fraction of sp³-hybridized carbons (Fsp3) is 0.333. The summed E-state index contributed by atoms with van der Waals surface area (Å²) in [7, 11) is 0. The topological polar surface area (TPSA) is 29.0 Å². The zero-order chi connectivity index (χ0) is 11.8. The van der Waals surface area contributed by atoms with Crippen molar-refractivity contribution in [2.75, 3.05) is 11.4 Å². The minimum atomic E-state index is 0.380. The fourth-order valence-electron chi connectivity index (χ4n) is 2.24. The Hall–Kier alpha value is -0.690. The highest BCUT2D eigenvalue weighted by Gasteiger charge is 2.26. The van der Waals surface area contributed by atoms with Gasteiger partial charge in [0.2, 0.25) is 5.95 Å². The summed E-state index contributed by atoms with van der Waals surface area (Å²) in [5.41, 5.74) is 1.43. The molecule has 2 aromatic heterocycles. The van der Waals surface area contributed by atoms with Crippen LogP contribution in [-0.4, -0.2) is 16.5 Å². The van der Waals surface area contributed by atoms with Crippen LogP contribution < -0.4 is 4.90 Å². The van der Waals surface area contributed by atoms with Gasteiger partial charge in [-0.2, -0.15) is 0 Å². The van der Waals surface area contributed by atoms with Gasteiger partial charge in [0.25, 0.3) is 0 Å². The first-order valence-corrected chi connectivity index (χ1v) is 7.52. The van der Waals surface area contributed by atoms with E-state index >= 15 is 0 Å². The lowest BCUT2D eigenvalue weighted by Crippen LogP contribution is -2.34. The predicted molar refractivity (Wildman–Crippen MR) is 78.5 cm³/mol. The van der Waals surface area contributed by atoms with Gasteiger partial charge in [0.1, 0.15) is 0 Å². The highest BCUT2D eigenvalue weighted by atomic mass is 127. The monoisotopic (exact) mass is 357 g/mol. The highest BCUT2D eigenvalue weighted by Crippen LogP contribution is 2.34. The molecule has 1 aliphatic heterocycles. The quantitative estimate of drug-likeness (QED) is 0.734. The van der Waals surface area contributed by atoms with Crippen LogP contribution in [0.1, 0.15) is 23.4 Å². The molecule has 3 rings (SSSR count). The number of anilines is 1. The van der Waals surface area contributed by atoms with Crippen LogP contribution in [0, 0.1) is 3.57 Å². The lowest BCUT2D eigenvalue weighted by atomic mass is 10.0. The van der Waals surface area contributed by atoms with E-state index in [4.69, 9.17) is 0 Å². The Balaban J connectivity index is 1.93. The third-order valence-corrected chi connectivity index (χ3v) is 4.69. The van der Waals surface area contributed by atoms with Crippen LogP contribution in [0.2, 0.25) is 0 Å². The molecule has 2 aromatic rings. The summed E-state index contributed by atoms with van der Waals surface area (Å²) in [6.07, 6.45) is 4.85. The van der Waals surface area contributed by atoms with Crippen LogP contribution in [0.15, 0.2) is 23.8 Å². The molecule has 0 bridgehead atoms. The Kier molecular flexibility index (Phi) is 3.04. The molecule has 0 aromatic carbocycles. The lowest BCUT2D eigenvalue weighted by Gasteiger charge is -2.33. The van der Waals surface area contributed by atoms with Crippen LogP contribution in [0.25, 0.3) is 0 Å². The Morgan fingerprint density at radius 2 is 2.18 bits per heavy atom. The van der Waals surface area contributed by atoms with Gasteiger partial charge in [-0.05, 0) is 52.9 Å². The van der Waals surface area contributed by atoms with Crippen molar-refractivity contribution in [3.05, 3.63) is 37.9 Å². The first-order chi connectivity index (χ1) is 8.25. The Bertz CT molecular complexity index is 523. The zero-order valence-electron chi connectivity index (χ0n) is 9.43. The van der Waals surface area contributed by atoms with E-state index in [1.807, 2.05) is 23.7 Å². The maximum atomic E-state index is 4.42. The molecule has 0 aliphatic carbocycles. The number of nitrogens with zero attached hydrogens (tertiary/aromatic N) is 3. The summed E-state index contributed by atoms with van der Waals surface area (Å²) in [5.74, 6) is 0.842. The van der Waals surface area contributed by atoms with Crippen molar-refractivity contribution >= 4 is 39.9 Å². The first-order valence-electron chi connectivity index (χ1n) is 5.56. The summed E-state index contributed by atoms with van der Waals surface area (Å²) in [4.78, 5) is 12.6. The molecule has 0 radical (unpaired) electrons. The maximum Gasteiger partial charge on any atom is 0.225 e. The normalized spacial score (nSPS) is 19.2. The number of hydrogen-bond donors (Lipinski definition) is 0. The summed E-state index contributed by atoms with van der Waals surface area (Å²) in [6, 6.07) is 2.61. The maximum absolute atomic E-state index is 4.42. The molecule has 3 nitrogen and oxygen atoms in total. The molecular formula is C12H12IN3S. The molecule has 1 atom stereocenters. The average molecular weight is 357 g/mol. The molecule has 3 heterocycles. The fourth-order valence-corrected chi connectivity index (χ4v) is 3.48. The summed E-state index contributed by atoms with van der Waals surface area (Å²) in [6.45, 7) is 3.24. The van der Waals surface area contributed by atoms with Gasteiger partial charge in [-0.25, -0.2) is 9.97 Å². The minimum Gasteiger partial charge on any atom is -0.334 e. The molecule has 0 N–H and O–H groups in total. The van der Waals surface area contributed by atoms with Crippen molar-refractivity contribution < 1.29 is 0 Å². The van der Waals surface area contributed by atoms with E-state index in [1.165, 1.54) is 10.4 Å². The van der Waals surface area contributed by atoms with Crippen LogP contribution >= 0.6 is 33.9 Å². The predicted octanol–water partition coefficient (Wildman–Crippen LogP) is 3.27. The van der Waals surface area contributed by atoms with Crippen molar-refractivity contribution in [2.45, 2.75) is 19.4 Å². The molecule has 0 spiro atoms. The van der Waals surface area contributed by atoms with Crippen molar-refractivity contribution in [2.24, 2.45) is 0 Å². The number of aromatic nitrogens is 2. The number of thiophene rings is 1. The second-order valence-corrected chi connectivity index (χ2v) is 6.37. The molecule has 0 amide bonds. The van der Waals surface area contributed by atoms with Crippen LogP contribution in [0.5, 0.6) is 0 Å². The van der Waals surface area contributed by atoms with Crippen LogP contribution in [0.3, 0.4) is 0 Å². The first kappa shape index (κ1) is 11.4. The van der Waals surface area contributed by atoms with Crippen molar-refractivity contribution in [3.63, 3.8) is 0 Å². The Labute approximate surface area is 118 Å². The van der Waals surface area contributed by atoms with Gasteiger partial charge in [0.15, 0.2) is 0 Å². The third-order valence-electron chi connectivity index (χ3n) is 3.14. The standard InChI is InChI=1S/C12H12IN3S/c1-8-10-3-5-17-11(10)2-4-16(8)12-14-6-9(13)7-15-12/h3,5-8H,2,4H2,1H3. The molecule has 1 unspecified atom stereocenters. The van der Waals surface area contributed by atoms with Crippen molar-refractivity contribution in [3.8, 4) is 0 Å². The van der Waals surface area contributed by atoms with E-state index in [1.54, 1.807) is 0 Å². The van der Waals surface area contributed by atoms with Crippen molar-refractivity contribution in [1.29, 1.82) is 0 Å².